The zero-order chi connectivity index (χ0) is 21.7. The highest BCUT2D eigenvalue weighted by Gasteiger charge is 2.45. The van der Waals surface area contributed by atoms with Crippen molar-refractivity contribution in [3.63, 3.8) is 0 Å². The Labute approximate surface area is 174 Å². The molecule has 0 radical (unpaired) electrons. The molecule has 0 spiro atoms. The molecule has 1 amide bonds. The standard InChI is InChI=1S/C20H17F2N7O2/c1-10-2-3-13(23-5-10)11-4-12(11)19(31)27-16-9-28-8-14(24-7-17(28)26-16)18-15(30)6-25-29(18)20(21)22/h2-3,5-9,11-12,20,30H,4H2,1H3,(H,27,31)/t11-,12+/m1/s1. The number of amides is 1. The number of carbonyl (C=O) groups excluding carboxylic acids is 1. The Hall–Kier alpha value is -3.89. The normalized spacial score (nSPS) is 17.9. The Morgan fingerprint density at radius 2 is 2.06 bits per heavy atom. The number of rotatable bonds is 5. The fourth-order valence-electron chi connectivity index (χ4n) is 3.56. The number of hydrogen-bond acceptors (Lipinski definition) is 6. The number of imidazole rings is 1. The van der Waals surface area contributed by atoms with Gasteiger partial charge in [-0.1, -0.05) is 6.07 Å². The van der Waals surface area contributed by atoms with E-state index in [0.29, 0.717) is 16.1 Å². The number of hydrogen-bond donors (Lipinski definition) is 2. The second-order valence-corrected chi connectivity index (χ2v) is 7.46. The van der Waals surface area contributed by atoms with Crippen LogP contribution in [0.4, 0.5) is 14.6 Å². The van der Waals surface area contributed by atoms with Crippen LogP contribution in [0.2, 0.25) is 0 Å². The molecule has 1 aliphatic carbocycles. The minimum Gasteiger partial charge on any atom is -0.504 e. The van der Waals surface area contributed by atoms with Gasteiger partial charge in [0.1, 0.15) is 11.4 Å². The molecule has 0 saturated heterocycles. The smallest absolute Gasteiger partial charge is 0.333 e. The summed E-state index contributed by atoms with van der Waals surface area (Å²) in [5.74, 6) is -0.338. The first-order valence-electron chi connectivity index (χ1n) is 9.54. The van der Waals surface area contributed by atoms with E-state index in [-0.39, 0.29) is 29.1 Å². The van der Waals surface area contributed by atoms with Gasteiger partial charge in [-0.3, -0.25) is 9.78 Å². The number of nitrogens with zero attached hydrogens (tertiary/aromatic N) is 6. The third-order valence-corrected chi connectivity index (χ3v) is 5.24. The maximum absolute atomic E-state index is 13.1. The number of pyridine rings is 1. The summed E-state index contributed by atoms with van der Waals surface area (Å²) in [6.07, 6.45) is 7.79. The minimum atomic E-state index is -2.93. The lowest BCUT2D eigenvalue weighted by molar-refractivity contribution is -0.117. The molecule has 2 atom stereocenters. The SMILES string of the molecule is Cc1ccc([C@@H]2C[C@@H]2C(=O)Nc2cn3cc(-c4c(O)cnn4C(F)F)ncc3n2)nc1. The summed E-state index contributed by atoms with van der Waals surface area (Å²) in [5, 5.41) is 16.1. The maximum Gasteiger partial charge on any atom is 0.333 e. The highest BCUT2D eigenvalue weighted by atomic mass is 19.3. The number of nitrogens with one attached hydrogen (secondary N) is 1. The zero-order valence-electron chi connectivity index (χ0n) is 16.3. The van der Waals surface area contributed by atoms with Crippen molar-refractivity contribution in [2.24, 2.45) is 5.92 Å². The lowest BCUT2D eigenvalue weighted by atomic mass is 10.2. The van der Waals surface area contributed by atoms with Gasteiger partial charge in [0.05, 0.1) is 18.6 Å². The van der Waals surface area contributed by atoms with Crippen molar-refractivity contribution in [3.05, 3.63) is 54.4 Å². The first-order valence-corrected chi connectivity index (χ1v) is 9.54. The number of aromatic nitrogens is 6. The highest BCUT2D eigenvalue weighted by molar-refractivity contribution is 5.94. The summed E-state index contributed by atoms with van der Waals surface area (Å²) in [6.45, 7) is -0.972. The molecule has 31 heavy (non-hydrogen) atoms. The average molecular weight is 425 g/mol. The summed E-state index contributed by atoms with van der Waals surface area (Å²) < 4.78 is 28.2. The minimum absolute atomic E-state index is 0.0866. The molecule has 0 aromatic carbocycles. The molecule has 1 saturated carbocycles. The summed E-state index contributed by atoms with van der Waals surface area (Å²) in [6, 6.07) is 3.91. The Balaban J connectivity index is 1.35. The first-order chi connectivity index (χ1) is 14.9. The van der Waals surface area contributed by atoms with Crippen LogP contribution in [0.1, 0.15) is 30.1 Å². The molecule has 4 heterocycles. The van der Waals surface area contributed by atoms with Gasteiger partial charge in [0, 0.05) is 29.9 Å². The predicted octanol–water partition coefficient (Wildman–Crippen LogP) is 3.14. The molecular weight excluding hydrogens is 408 g/mol. The molecule has 0 aliphatic heterocycles. The van der Waals surface area contributed by atoms with Crippen molar-refractivity contribution in [1.82, 2.24) is 29.1 Å². The summed E-state index contributed by atoms with van der Waals surface area (Å²) in [4.78, 5) is 25.4. The summed E-state index contributed by atoms with van der Waals surface area (Å²) >= 11 is 0. The molecule has 158 valence electrons. The molecule has 4 aromatic rings. The van der Waals surface area contributed by atoms with Crippen LogP contribution in [0, 0.1) is 12.8 Å². The Morgan fingerprint density at radius 3 is 2.81 bits per heavy atom. The predicted molar refractivity (Wildman–Crippen MR) is 106 cm³/mol. The first kappa shape index (κ1) is 19.1. The van der Waals surface area contributed by atoms with Crippen LogP contribution in [0.3, 0.4) is 0 Å². The van der Waals surface area contributed by atoms with Crippen LogP contribution < -0.4 is 5.32 Å². The average Bonchev–Trinajstić information content (AvgIpc) is 3.29. The van der Waals surface area contributed by atoms with E-state index < -0.39 is 12.3 Å². The molecule has 1 aliphatic rings. The molecule has 2 N–H and O–H groups in total. The molecular formula is C20H17F2N7O2. The molecule has 9 nitrogen and oxygen atoms in total. The third kappa shape index (κ3) is 3.47. The maximum atomic E-state index is 13.1. The van der Waals surface area contributed by atoms with E-state index in [1.54, 1.807) is 12.4 Å². The van der Waals surface area contributed by atoms with Gasteiger partial charge in [-0.25, -0.2) is 9.97 Å². The lowest BCUT2D eigenvalue weighted by Crippen LogP contribution is -2.14. The number of fused-ring (bicyclic) bond motifs is 1. The van der Waals surface area contributed by atoms with Crippen molar-refractivity contribution in [3.8, 4) is 17.1 Å². The van der Waals surface area contributed by atoms with Gasteiger partial charge in [0.15, 0.2) is 17.2 Å². The van der Waals surface area contributed by atoms with Crippen LogP contribution in [-0.2, 0) is 4.79 Å². The van der Waals surface area contributed by atoms with E-state index in [4.69, 9.17) is 0 Å². The van der Waals surface area contributed by atoms with Crippen molar-refractivity contribution in [2.45, 2.75) is 25.8 Å². The van der Waals surface area contributed by atoms with Crippen molar-refractivity contribution in [2.75, 3.05) is 5.32 Å². The van der Waals surface area contributed by atoms with Crippen LogP contribution in [0.25, 0.3) is 17.0 Å². The van der Waals surface area contributed by atoms with Crippen LogP contribution in [0.5, 0.6) is 5.75 Å². The lowest BCUT2D eigenvalue weighted by Gasteiger charge is -2.06. The van der Waals surface area contributed by atoms with Gasteiger partial charge in [-0.15, -0.1) is 0 Å². The van der Waals surface area contributed by atoms with Gasteiger partial charge in [0.2, 0.25) is 5.91 Å². The molecule has 0 bridgehead atoms. The van der Waals surface area contributed by atoms with Gasteiger partial charge < -0.3 is 14.8 Å². The Kier molecular flexibility index (Phi) is 4.38. The van der Waals surface area contributed by atoms with E-state index in [1.807, 2.05) is 19.1 Å². The summed E-state index contributed by atoms with van der Waals surface area (Å²) in [7, 11) is 0. The van der Waals surface area contributed by atoms with Crippen molar-refractivity contribution < 1.29 is 18.7 Å². The number of alkyl halides is 2. The number of aromatic hydroxyl groups is 1. The molecule has 4 aromatic heterocycles. The second kappa shape index (κ2) is 7.11. The van der Waals surface area contributed by atoms with Gasteiger partial charge in [0.25, 0.3) is 0 Å². The van der Waals surface area contributed by atoms with Gasteiger partial charge in [-0.05, 0) is 25.0 Å². The van der Waals surface area contributed by atoms with Gasteiger partial charge in [-0.2, -0.15) is 18.6 Å². The molecule has 11 heteroatoms. The molecule has 5 rings (SSSR count). The summed E-state index contributed by atoms with van der Waals surface area (Å²) in [5.41, 5.74) is 2.25. The molecule has 1 fully saturated rings. The number of carbonyl (C=O) groups is 1. The van der Waals surface area contributed by atoms with Crippen LogP contribution in [-0.4, -0.2) is 40.1 Å². The van der Waals surface area contributed by atoms with Crippen molar-refractivity contribution >= 4 is 17.4 Å². The van der Waals surface area contributed by atoms with Crippen molar-refractivity contribution in [1.29, 1.82) is 0 Å². The quantitative estimate of drug-likeness (QED) is 0.508. The number of aryl methyl sites for hydroxylation is 1. The fraction of sp³-hybridized carbons (Fsp3) is 0.250. The number of halogens is 2. The van der Waals surface area contributed by atoms with Crippen LogP contribution in [0.15, 0.2) is 43.1 Å². The zero-order valence-corrected chi connectivity index (χ0v) is 16.3. The van der Waals surface area contributed by atoms with E-state index in [0.717, 1.165) is 23.9 Å². The van der Waals surface area contributed by atoms with Gasteiger partial charge >= 0.3 is 6.55 Å². The van der Waals surface area contributed by atoms with E-state index in [1.165, 1.54) is 16.8 Å². The Bertz CT molecular complexity index is 1280. The monoisotopic (exact) mass is 425 g/mol. The van der Waals surface area contributed by atoms with E-state index in [2.05, 4.69) is 25.4 Å². The number of anilines is 1. The highest BCUT2D eigenvalue weighted by Crippen LogP contribution is 2.47. The molecule has 0 unspecified atom stereocenters. The second-order valence-electron chi connectivity index (χ2n) is 7.46. The topological polar surface area (TPSA) is 110 Å². The Morgan fingerprint density at radius 1 is 1.23 bits per heavy atom. The third-order valence-electron chi connectivity index (χ3n) is 5.24. The van der Waals surface area contributed by atoms with Crippen LogP contribution >= 0.6 is 0 Å². The van der Waals surface area contributed by atoms with E-state index in [9.17, 15) is 18.7 Å². The van der Waals surface area contributed by atoms with E-state index >= 15 is 0 Å². The fourth-order valence-corrected chi connectivity index (χ4v) is 3.56. The largest absolute Gasteiger partial charge is 0.504 e.